The summed E-state index contributed by atoms with van der Waals surface area (Å²) in [6.45, 7) is 2.40. The molecular formula is C16H23N. The zero-order valence-corrected chi connectivity index (χ0v) is 11.1. The molecule has 1 atom stereocenters. The molecule has 0 amide bonds. The van der Waals surface area contributed by atoms with Gasteiger partial charge in [-0.2, -0.15) is 0 Å². The summed E-state index contributed by atoms with van der Waals surface area (Å²) >= 11 is 0. The number of hydrogen-bond acceptors (Lipinski definition) is 1. The molecule has 1 aromatic carbocycles. The van der Waals surface area contributed by atoms with E-state index in [0.717, 1.165) is 5.92 Å². The van der Waals surface area contributed by atoms with Gasteiger partial charge in [0.05, 0.1) is 0 Å². The van der Waals surface area contributed by atoms with E-state index in [1.54, 1.807) is 5.56 Å². The predicted octanol–water partition coefficient (Wildman–Crippen LogP) is 4.33. The van der Waals surface area contributed by atoms with Crippen LogP contribution in [0.15, 0.2) is 24.3 Å². The lowest BCUT2D eigenvalue weighted by atomic mass is 9.70. The SMILES string of the molecule is C[C@H]1CC2(CCCCC2)N(C)c2ccccc21. The first-order valence-corrected chi connectivity index (χ1v) is 7.06. The lowest BCUT2D eigenvalue weighted by Gasteiger charge is -2.51. The molecule has 1 spiro atoms. The first-order valence-electron chi connectivity index (χ1n) is 7.06. The molecule has 3 rings (SSSR count). The first kappa shape index (κ1) is 11.1. The topological polar surface area (TPSA) is 3.24 Å². The van der Waals surface area contributed by atoms with Crippen molar-refractivity contribution in [1.82, 2.24) is 0 Å². The van der Waals surface area contributed by atoms with Crippen LogP contribution in [0.2, 0.25) is 0 Å². The van der Waals surface area contributed by atoms with Crippen molar-refractivity contribution < 1.29 is 0 Å². The molecular weight excluding hydrogens is 206 g/mol. The average molecular weight is 229 g/mol. The molecule has 1 heterocycles. The zero-order valence-electron chi connectivity index (χ0n) is 11.1. The Labute approximate surface area is 105 Å². The highest BCUT2D eigenvalue weighted by Crippen LogP contribution is 2.48. The lowest BCUT2D eigenvalue weighted by Crippen LogP contribution is -2.51. The quantitative estimate of drug-likeness (QED) is 0.640. The smallest absolute Gasteiger partial charge is 0.0404 e. The summed E-state index contributed by atoms with van der Waals surface area (Å²) in [7, 11) is 2.32. The van der Waals surface area contributed by atoms with Crippen molar-refractivity contribution in [2.45, 2.75) is 56.9 Å². The van der Waals surface area contributed by atoms with Crippen molar-refractivity contribution in [3.63, 3.8) is 0 Å². The number of benzene rings is 1. The zero-order chi connectivity index (χ0) is 11.9. The maximum atomic E-state index is 2.60. The fraction of sp³-hybridized carbons (Fsp3) is 0.625. The summed E-state index contributed by atoms with van der Waals surface area (Å²) in [5.41, 5.74) is 3.49. The van der Waals surface area contributed by atoms with Crippen LogP contribution < -0.4 is 4.90 Å². The highest BCUT2D eigenvalue weighted by atomic mass is 15.2. The van der Waals surface area contributed by atoms with Crippen LogP contribution >= 0.6 is 0 Å². The molecule has 0 saturated heterocycles. The summed E-state index contributed by atoms with van der Waals surface area (Å²) < 4.78 is 0. The number of hydrogen-bond donors (Lipinski definition) is 0. The van der Waals surface area contributed by atoms with E-state index in [1.165, 1.54) is 44.2 Å². The van der Waals surface area contributed by atoms with Gasteiger partial charge in [-0.15, -0.1) is 0 Å². The number of para-hydroxylation sites is 1. The van der Waals surface area contributed by atoms with E-state index in [4.69, 9.17) is 0 Å². The molecule has 1 saturated carbocycles. The van der Waals surface area contributed by atoms with E-state index in [2.05, 4.69) is 43.1 Å². The number of rotatable bonds is 0. The maximum Gasteiger partial charge on any atom is 0.0404 e. The monoisotopic (exact) mass is 229 g/mol. The molecule has 2 aliphatic rings. The van der Waals surface area contributed by atoms with Crippen LogP contribution in [-0.4, -0.2) is 12.6 Å². The fourth-order valence-corrected chi connectivity index (χ4v) is 4.03. The van der Waals surface area contributed by atoms with Gasteiger partial charge in [0, 0.05) is 18.3 Å². The Bertz CT molecular complexity index is 404. The van der Waals surface area contributed by atoms with E-state index in [-0.39, 0.29) is 0 Å². The van der Waals surface area contributed by atoms with Gasteiger partial charge in [-0.25, -0.2) is 0 Å². The van der Waals surface area contributed by atoms with Crippen molar-refractivity contribution >= 4 is 5.69 Å². The van der Waals surface area contributed by atoms with Crippen LogP contribution in [0.1, 0.15) is 56.9 Å². The Morgan fingerprint density at radius 3 is 2.59 bits per heavy atom. The number of fused-ring (bicyclic) bond motifs is 1. The van der Waals surface area contributed by atoms with Gasteiger partial charge in [0.25, 0.3) is 0 Å². The molecule has 0 N–H and O–H groups in total. The number of anilines is 1. The van der Waals surface area contributed by atoms with E-state index in [9.17, 15) is 0 Å². The first-order chi connectivity index (χ1) is 8.23. The molecule has 1 aliphatic carbocycles. The molecule has 1 aliphatic heterocycles. The maximum absolute atomic E-state index is 2.60. The van der Waals surface area contributed by atoms with E-state index < -0.39 is 0 Å². The van der Waals surface area contributed by atoms with Crippen LogP contribution in [0.5, 0.6) is 0 Å². The normalized spacial score (nSPS) is 26.9. The second-order valence-electron chi connectivity index (χ2n) is 6.01. The molecule has 92 valence electrons. The van der Waals surface area contributed by atoms with Crippen molar-refractivity contribution in [3.8, 4) is 0 Å². The van der Waals surface area contributed by atoms with Gasteiger partial charge < -0.3 is 4.90 Å². The van der Waals surface area contributed by atoms with Gasteiger partial charge in [0.2, 0.25) is 0 Å². The van der Waals surface area contributed by atoms with Crippen molar-refractivity contribution in [3.05, 3.63) is 29.8 Å². The second kappa shape index (κ2) is 4.04. The van der Waals surface area contributed by atoms with Crippen LogP contribution in [0.25, 0.3) is 0 Å². The summed E-state index contributed by atoms with van der Waals surface area (Å²) in [5, 5.41) is 0. The van der Waals surface area contributed by atoms with Gasteiger partial charge in [-0.3, -0.25) is 0 Å². The summed E-state index contributed by atoms with van der Waals surface area (Å²) in [4.78, 5) is 2.60. The molecule has 1 nitrogen and oxygen atoms in total. The van der Waals surface area contributed by atoms with E-state index in [0.29, 0.717) is 5.54 Å². The Morgan fingerprint density at radius 1 is 1.12 bits per heavy atom. The Kier molecular flexibility index (Phi) is 2.65. The third-order valence-corrected chi connectivity index (χ3v) is 5.01. The molecule has 17 heavy (non-hydrogen) atoms. The minimum Gasteiger partial charge on any atom is -0.369 e. The third kappa shape index (κ3) is 1.67. The molecule has 1 fully saturated rings. The Balaban J connectivity index is 2.02. The summed E-state index contributed by atoms with van der Waals surface area (Å²) in [6.07, 6.45) is 8.40. The van der Waals surface area contributed by atoms with Crippen LogP contribution in [0, 0.1) is 0 Å². The molecule has 0 unspecified atom stereocenters. The average Bonchev–Trinajstić information content (AvgIpc) is 2.37. The van der Waals surface area contributed by atoms with Crippen molar-refractivity contribution in [2.75, 3.05) is 11.9 Å². The minimum atomic E-state index is 0.464. The Hall–Kier alpha value is -0.980. The second-order valence-corrected chi connectivity index (χ2v) is 6.01. The largest absolute Gasteiger partial charge is 0.369 e. The van der Waals surface area contributed by atoms with Crippen LogP contribution in [0.4, 0.5) is 5.69 Å². The van der Waals surface area contributed by atoms with Gasteiger partial charge in [-0.05, 0) is 36.8 Å². The minimum absolute atomic E-state index is 0.464. The Morgan fingerprint density at radius 2 is 1.82 bits per heavy atom. The predicted molar refractivity (Wildman–Crippen MR) is 73.7 cm³/mol. The van der Waals surface area contributed by atoms with Gasteiger partial charge in [-0.1, -0.05) is 44.4 Å². The molecule has 1 aromatic rings. The van der Waals surface area contributed by atoms with E-state index in [1.807, 2.05) is 0 Å². The standard InChI is InChI=1S/C16H23N/c1-13-12-16(10-6-3-7-11-16)17(2)15-9-5-4-8-14(13)15/h4-5,8-9,13H,3,6-7,10-12H2,1-2H3/t13-/m0/s1. The summed E-state index contributed by atoms with van der Waals surface area (Å²) in [6, 6.07) is 8.99. The number of nitrogens with zero attached hydrogens (tertiary/aromatic N) is 1. The van der Waals surface area contributed by atoms with E-state index >= 15 is 0 Å². The molecule has 0 aromatic heterocycles. The van der Waals surface area contributed by atoms with Crippen molar-refractivity contribution in [2.24, 2.45) is 0 Å². The van der Waals surface area contributed by atoms with Gasteiger partial charge >= 0.3 is 0 Å². The van der Waals surface area contributed by atoms with Gasteiger partial charge in [0.15, 0.2) is 0 Å². The molecule has 0 bridgehead atoms. The lowest BCUT2D eigenvalue weighted by molar-refractivity contribution is 0.243. The molecule has 1 heteroatoms. The van der Waals surface area contributed by atoms with Crippen LogP contribution in [-0.2, 0) is 0 Å². The fourth-order valence-electron chi connectivity index (χ4n) is 4.03. The highest BCUT2D eigenvalue weighted by Gasteiger charge is 2.41. The van der Waals surface area contributed by atoms with Crippen LogP contribution in [0.3, 0.4) is 0 Å². The van der Waals surface area contributed by atoms with Gasteiger partial charge in [0.1, 0.15) is 0 Å². The third-order valence-electron chi connectivity index (χ3n) is 5.01. The highest BCUT2D eigenvalue weighted by molar-refractivity contribution is 5.59. The molecule has 0 radical (unpaired) electrons. The summed E-state index contributed by atoms with van der Waals surface area (Å²) in [5.74, 6) is 0.723. The van der Waals surface area contributed by atoms with Crippen molar-refractivity contribution in [1.29, 1.82) is 0 Å².